The van der Waals surface area contributed by atoms with Gasteiger partial charge >= 0.3 is 0 Å². The van der Waals surface area contributed by atoms with Crippen molar-refractivity contribution in [3.05, 3.63) is 22.7 Å². The van der Waals surface area contributed by atoms with E-state index in [9.17, 15) is 15.0 Å². The number of halogens is 1. The van der Waals surface area contributed by atoms with Crippen LogP contribution in [0, 0.1) is 0 Å². The molecule has 7 heteroatoms. The first-order valence-electron chi connectivity index (χ1n) is 6.82. The van der Waals surface area contributed by atoms with Crippen molar-refractivity contribution in [1.82, 2.24) is 0 Å². The van der Waals surface area contributed by atoms with Gasteiger partial charge in [-0.2, -0.15) is 0 Å². The van der Waals surface area contributed by atoms with Crippen LogP contribution >= 0.6 is 11.6 Å². The Kier molecular flexibility index (Phi) is 3.79. The average Bonchev–Trinajstić information content (AvgIpc) is 2.74. The Morgan fingerprint density at radius 1 is 1.52 bits per heavy atom. The van der Waals surface area contributed by atoms with E-state index >= 15 is 0 Å². The minimum absolute atomic E-state index is 0.0543. The SMILES string of the molecule is CC1COC(CO)CN1c1cc2c(cc1Cl)C(O)C(=O)N2. The molecule has 2 aliphatic rings. The lowest BCUT2D eigenvalue weighted by Crippen LogP contribution is -2.49. The van der Waals surface area contributed by atoms with E-state index in [1.807, 2.05) is 11.8 Å². The molecular formula is C14H17ClN2O4. The van der Waals surface area contributed by atoms with Crippen LogP contribution in [0.4, 0.5) is 11.4 Å². The fraction of sp³-hybridized carbons (Fsp3) is 0.500. The summed E-state index contributed by atoms with van der Waals surface area (Å²) >= 11 is 6.32. The molecule has 1 amide bonds. The Bertz CT molecular complexity index is 580. The molecule has 3 rings (SSSR count). The van der Waals surface area contributed by atoms with Crippen LogP contribution in [0.2, 0.25) is 5.02 Å². The number of carbonyl (C=O) groups excluding carboxylic acids is 1. The van der Waals surface area contributed by atoms with Crippen LogP contribution in [0.1, 0.15) is 18.6 Å². The maximum absolute atomic E-state index is 11.5. The van der Waals surface area contributed by atoms with Crippen LogP contribution in [0.15, 0.2) is 12.1 Å². The number of hydrogen-bond donors (Lipinski definition) is 3. The quantitative estimate of drug-likeness (QED) is 0.756. The highest BCUT2D eigenvalue weighted by atomic mass is 35.5. The largest absolute Gasteiger partial charge is 0.394 e. The Hall–Kier alpha value is -1.34. The smallest absolute Gasteiger partial charge is 0.257 e. The maximum Gasteiger partial charge on any atom is 0.257 e. The number of ether oxygens (including phenoxy) is 1. The Morgan fingerprint density at radius 3 is 3.00 bits per heavy atom. The number of nitrogens with one attached hydrogen (secondary N) is 1. The van der Waals surface area contributed by atoms with E-state index in [4.69, 9.17) is 16.3 Å². The first kappa shape index (κ1) is 14.6. The summed E-state index contributed by atoms with van der Waals surface area (Å²) in [5.41, 5.74) is 1.83. The number of hydrogen-bond acceptors (Lipinski definition) is 5. The van der Waals surface area contributed by atoms with Crippen molar-refractivity contribution in [3.63, 3.8) is 0 Å². The molecule has 0 aromatic heterocycles. The van der Waals surface area contributed by atoms with Gasteiger partial charge in [0.15, 0.2) is 6.10 Å². The molecular weight excluding hydrogens is 296 g/mol. The van der Waals surface area contributed by atoms with Gasteiger partial charge in [0.25, 0.3) is 5.91 Å². The van der Waals surface area contributed by atoms with Gasteiger partial charge in [-0.25, -0.2) is 0 Å². The van der Waals surface area contributed by atoms with Gasteiger partial charge in [0.1, 0.15) is 0 Å². The van der Waals surface area contributed by atoms with Gasteiger partial charge in [-0.05, 0) is 19.1 Å². The normalized spacial score (nSPS) is 28.5. The van der Waals surface area contributed by atoms with Crippen LogP contribution < -0.4 is 10.2 Å². The molecule has 114 valence electrons. The monoisotopic (exact) mass is 312 g/mol. The predicted molar refractivity (Wildman–Crippen MR) is 78.7 cm³/mol. The molecule has 1 saturated heterocycles. The maximum atomic E-state index is 11.5. The summed E-state index contributed by atoms with van der Waals surface area (Å²) in [4.78, 5) is 13.6. The molecule has 1 aromatic carbocycles. The number of carbonyl (C=O) groups is 1. The molecule has 3 unspecified atom stereocenters. The molecule has 3 N–H and O–H groups in total. The first-order chi connectivity index (χ1) is 10.0. The van der Waals surface area contributed by atoms with Crippen LogP contribution in [-0.2, 0) is 9.53 Å². The zero-order valence-electron chi connectivity index (χ0n) is 11.5. The van der Waals surface area contributed by atoms with Crippen molar-refractivity contribution in [2.24, 2.45) is 0 Å². The molecule has 3 atom stereocenters. The number of aliphatic hydroxyl groups is 2. The van der Waals surface area contributed by atoms with Crippen molar-refractivity contribution in [1.29, 1.82) is 0 Å². The standard InChI is InChI=1S/C14H17ClN2O4/c1-7-6-21-8(5-18)4-17(7)12-3-11-9(2-10(12)15)13(19)14(20)16-11/h2-3,7-8,13,18-19H,4-6H2,1H3,(H,16,20). The highest BCUT2D eigenvalue weighted by Crippen LogP contribution is 2.40. The van der Waals surface area contributed by atoms with E-state index < -0.39 is 12.0 Å². The van der Waals surface area contributed by atoms with E-state index in [1.54, 1.807) is 12.1 Å². The van der Waals surface area contributed by atoms with E-state index in [2.05, 4.69) is 5.32 Å². The molecule has 0 aliphatic carbocycles. The summed E-state index contributed by atoms with van der Waals surface area (Å²) in [5, 5.41) is 22.1. The predicted octanol–water partition coefficient (Wildman–Crippen LogP) is 0.911. The Balaban J connectivity index is 1.96. The van der Waals surface area contributed by atoms with Crippen LogP contribution in [0.5, 0.6) is 0 Å². The van der Waals surface area contributed by atoms with E-state index in [0.29, 0.717) is 29.4 Å². The van der Waals surface area contributed by atoms with Crippen molar-refractivity contribution in [3.8, 4) is 0 Å². The zero-order valence-corrected chi connectivity index (χ0v) is 12.3. The average molecular weight is 313 g/mol. The third-order valence-electron chi connectivity index (χ3n) is 3.94. The molecule has 0 radical (unpaired) electrons. The third kappa shape index (κ3) is 2.48. The highest BCUT2D eigenvalue weighted by Gasteiger charge is 2.32. The van der Waals surface area contributed by atoms with E-state index in [1.165, 1.54) is 0 Å². The molecule has 0 saturated carbocycles. The number of nitrogens with zero attached hydrogens (tertiary/aromatic N) is 1. The molecule has 6 nitrogen and oxygen atoms in total. The van der Waals surface area contributed by atoms with Gasteiger partial charge < -0.3 is 25.2 Å². The molecule has 1 aromatic rings. The zero-order chi connectivity index (χ0) is 15.1. The second-order valence-electron chi connectivity index (χ2n) is 5.42. The van der Waals surface area contributed by atoms with Crippen LogP contribution in [-0.4, -0.2) is 48.0 Å². The summed E-state index contributed by atoms with van der Waals surface area (Å²) in [6.45, 7) is 2.96. The number of benzene rings is 1. The summed E-state index contributed by atoms with van der Waals surface area (Å²) in [7, 11) is 0. The topological polar surface area (TPSA) is 82.0 Å². The lowest BCUT2D eigenvalue weighted by atomic mass is 10.1. The van der Waals surface area contributed by atoms with Crippen LogP contribution in [0.3, 0.4) is 0 Å². The van der Waals surface area contributed by atoms with Crippen molar-refractivity contribution < 1.29 is 19.7 Å². The summed E-state index contributed by atoms with van der Waals surface area (Å²) < 4.78 is 5.51. The van der Waals surface area contributed by atoms with Crippen LogP contribution in [0.25, 0.3) is 0 Å². The summed E-state index contributed by atoms with van der Waals surface area (Å²) in [6.07, 6.45) is -1.43. The number of anilines is 2. The van der Waals surface area contributed by atoms with Crippen molar-refractivity contribution in [2.75, 3.05) is 30.0 Å². The molecule has 0 bridgehead atoms. The third-order valence-corrected chi connectivity index (χ3v) is 4.24. The number of morpholine rings is 1. The van der Waals surface area contributed by atoms with Gasteiger partial charge in [0.05, 0.1) is 30.0 Å². The summed E-state index contributed by atoms with van der Waals surface area (Å²) in [6, 6.07) is 3.48. The second-order valence-corrected chi connectivity index (χ2v) is 5.83. The van der Waals surface area contributed by atoms with E-state index in [0.717, 1.165) is 5.69 Å². The lowest BCUT2D eigenvalue weighted by molar-refractivity contribution is -0.123. The van der Waals surface area contributed by atoms with Crippen molar-refractivity contribution in [2.45, 2.75) is 25.2 Å². The van der Waals surface area contributed by atoms with Gasteiger partial charge in [0.2, 0.25) is 0 Å². The van der Waals surface area contributed by atoms with Gasteiger partial charge in [0, 0.05) is 23.8 Å². The fourth-order valence-electron chi connectivity index (χ4n) is 2.74. The summed E-state index contributed by atoms with van der Waals surface area (Å²) in [5.74, 6) is -0.443. The number of aliphatic hydroxyl groups excluding tert-OH is 2. The van der Waals surface area contributed by atoms with E-state index in [-0.39, 0.29) is 18.8 Å². The number of amides is 1. The van der Waals surface area contributed by atoms with Gasteiger partial charge in [-0.3, -0.25) is 4.79 Å². The van der Waals surface area contributed by atoms with Crippen molar-refractivity contribution >= 4 is 28.9 Å². The molecule has 2 aliphatic heterocycles. The number of rotatable bonds is 2. The van der Waals surface area contributed by atoms with Gasteiger partial charge in [-0.1, -0.05) is 11.6 Å². The molecule has 1 fully saturated rings. The molecule has 21 heavy (non-hydrogen) atoms. The first-order valence-corrected chi connectivity index (χ1v) is 7.20. The fourth-order valence-corrected chi connectivity index (χ4v) is 3.02. The molecule has 2 heterocycles. The number of fused-ring (bicyclic) bond motifs is 1. The minimum Gasteiger partial charge on any atom is -0.394 e. The Morgan fingerprint density at radius 2 is 2.29 bits per heavy atom. The minimum atomic E-state index is -1.17. The second kappa shape index (κ2) is 5.46. The highest BCUT2D eigenvalue weighted by molar-refractivity contribution is 6.33. The lowest BCUT2D eigenvalue weighted by Gasteiger charge is -2.39. The Labute approximate surface area is 127 Å². The van der Waals surface area contributed by atoms with Gasteiger partial charge in [-0.15, -0.1) is 0 Å². The molecule has 0 spiro atoms.